The third-order valence-corrected chi connectivity index (χ3v) is 3.44. The van der Waals surface area contributed by atoms with E-state index in [9.17, 15) is 19.8 Å². The molecule has 0 radical (unpaired) electrons. The molecule has 21 heavy (non-hydrogen) atoms. The second-order valence-electron chi connectivity index (χ2n) is 6.33. The van der Waals surface area contributed by atoms with E-state index in [1.54, 1.807) is 20.8 Å². The first-order chi connectivity index (χ1) is 9.54. The van der Waals surface area contributed by atoms with Crippen LogP contribution in [0.1, 0.15) is 39.0 Å². The van der Waals surface area contributed by atoms with E-state index >= 15 is 0 Å². The Bertz CT molecular complexity index is 589. The molecule has 0 aliphatic carbocycles. The third-order valence-electron chi connectivity index (χ3n) is 3.44. The second-order valence-corrected chi connectivity index (χ2v) is 6.33. The molecule has 8 heteroatoms. The van der Waals surface area contributed by atoms with E-state index in [0.29, 0.717) is 11.3 Å². The van der Waals surface area contributed by atoms with Crippen LogP contribution in [0.2, 0.25) is 0 Å². The van der Waals surface area contributed by atoms with Crippen LogP contribution in [-0.4, -0.2) is 48.5 Å². The summed E-state index contributed by atoms with van der Waals surface area (Å²) >= 11 is 0. The molecule has 0 saturated carbocycles. The number of nitrogens with zero attached hydrogens (tertiary/aromatic N) is 2. The van der Waals surface area contributed by atoms with Gasteiger partial charge in [0, 0.05) is 12.1 Å². The number of carbonyl (C=O) groups is 2. The second kappa shape index (κ2) is 4.64. The zero-order valence-electron chi connectivity index (χ0n) is 12.4. The van der Waals surface area contributed by atoms with Gasteiger partial charge in [-0.05, 0) is 27.7 Å². The van der Waals surface area contributed by atoms with Gasteiger partial charge in [0.25, 0.3) is 0 Å². The number of H-pyrrole nitrogens is 1. The molecule has 0 aromatic carbocycles. The van der Waals surface area contributed by atoms with Gasteiger partial charge < -0.3 is 14.9 Å². The minimum absolute atomic E-state index is 0.0183. The first-order valence-electron chi connectivity index (χ1n) is 6.54. The molecule has 1 aromatic rings. The van der Waals surface area contributed by atoms with E-state index in [2.05, 4.69) is 10.2 Å². The minimum atomic E-state index is -1.46. The number of carbonyl (C=O) groups excluding carboxylic acids is 1. The van der Waals surface area contributed by atoms with Crippen LogP contribution in [0.15, 0.2) is 0 Å². The molecular weight excluding hydrogens is 278 g/mol. The Morgan fingerprint density at radius 2 is 2.05 bits per heavy atom. The number of hydrogen-bond acceptors (Lipinski definition) is 5. The quantitative estimate of drug-likeness (QED) is 0.718. The summed E-state index contributed by atoms with van der Waals surface area (Å²) in [5.74, 6) is -1.38. The van der Waals surface area contributed by atoms with Crippen LogP contribution in [0.4, 0.5) is 4.79 Å². The van der Waals surface area contributed by atoms with Gasteiger partial charge in [-0.15, -0.1) is 5.10 Å². The molecule has 1 amide bonds. The van der Waals surface area contributed by atoms with E-state index in [1.807, 2.05) is 0 Å². The highest BCUT2D eigenvalue weighted by Gasteiger charge is 2.48. The van der Waals surface area contributed by atoms with Gasteiger partial charge in [0.15, 0.2) is 0 Å². The summed E-state index contributed by atoms with van der Waals surface area (Å²) in [5, 5.41) is 25.4. The smallest absolute Gasteiger partial charge is 0.411 e. The molecule has 1 unspecified atom stereocenters. The lowest BCUT2D eigenvalue weighted by atomic mass is 9.88. The fraction of sp³-hybridized carbons (Fsp3) is 0.615. The Morgan fingerprint density at radius 1 is 1.43 bits per heavy atom. The summed E-state index contributed by atoms with van der Waals surface area (Å²) in [6, 6.07) is 0. The van der Waals surface area contributed by atoms with Crippen molar-refractivity contribution in [3.63, 3.8) is 0 Å². The molecule has 2 heterocycles. The molecule has 0 bridgehead atoms. The maximum Gasteiger partial charge on any atom is 0.411 e. The molecule has 0 fully saturated rings. The number of fused-ring (bicyclic) bond motifs is 1. The van der Waals surface area contributed by atoms with Crippen molar-refractivity contribution in [1.82, 2.24) is 15.1 Å². The van der Waals surface area contributed by atoms with Crippen LogP contribution in [0, 0.1) is 0 Å². The fourth-order valence-electron chi connectivity index (χ4n) is 2.25. The van der Waals surface area contributed by atoms with Crippen LogP contribution in [0.3, 0.4) is 0 Å². The van der Waals surface area contributed by atoms with Crippen LogP contribution < -0.4 is 0 Å². The van der Waals surface area contributed by atoms with E-state index in [0.717, 1.165) is 4.90 Å². The molecule has 2 rings (SSSR count). The number of carboxylic acids is 1. The number of aliphatic carboxylic acids is 1. The average Bonchev–Trinajstić information content (AvgIpc) is 2.66. The Balaban J connectivity index is 2.39. The third kappa shape index (κ3) is 2.65. The van der Waals surface area contributed by atoms with Crippen molar-refractivity contribution in [2.45, 2.75) is 51.8 Å². The van der Waals surface area contributed by atoms with Gasteiger partial charge >= 0.3 is 12.1 Å². The predicted molar refractivity (Wildman–Crippen MR) is 71.8 cm³/mol. The number of ether oxygens (including phenoxy) is 1. The first kappa shape index (κ1) is 15.1. The average molecular weight is 297 g/mol. The van der Waals surface area contributed by atoms with Crippen molar-refractivity contribution < 1.29 is 24.5 Å². The summed E-state index contributed by atoms with van der Waals surface area (Å²) in [5.41, 5.74) is -1.28. The van der Waals surface area contributed by atoms with E-state index < -0.39 is 23.2 Å². The molecule has 1 aliphatic heterocycles. The van der Waals surface area contributed by atoms with E-state index in [1.165, 1.54) is 6.92 Å². The summed E-state index contributed by atoms with van der Waals surface area (Å²) in [4.78, 5) is 25.0. The summed E-state index contributed by atoms with van der Waals surface area (Å²) in [6.07, 6.45) is -0.719. The predicted octanol–water partition coefficient (Wildman–Crippen LogP) is 1.25. The zero-order chi connectivity index (χ0) is 16.0. The van der Waals surface area contributed by atoms with Crippen LogP contribution in [0.5, 0.6) is 5.88 Å². The standard InChI is InChI=1S/C13H19N3O5/c1-12(2,3)21-11(20)16-6-7-8(14-15-9(7)17)5-13(16,4)10(18)19/h5-6H2,1-4H3,(H,18,19)(H2,14,15,17). The lowest BCUT2D eigenvalue weighted by molar-refractivity contribution is -0.151. The lowest BCUT2D eigenvalue weighted by Crippen LogP contribution is -2.59. The molecule has 0 saturated heterocycles. The van der Waals surface area contributed by atoms with Gasteiger partial charge in [-0.1, -0.05) is 0 Å². The number of aromatic hydroxyl groups is 1. The van der Waals surface area contributed by atoms with Crippen LogP contribution in [-0.2, 0) is 22.5 Å². The number of carboxylic acid groups (broad SMARTS) is 1. The molecule has 0 spiro atoms. The maximum absolute atomic E-state index is 12.3. The van der Waals surface area contributed by atoms with Crippen molar-refractivity contribution in [2.24, 2.45) is 0 Å². The van der Waals surface area contributed by atoms with Gasteiger partial charge in [-0.25, -0.2) is 9.59 Å². The number of rotatable bonds is 1. The number of aromatic nitrogens is 2. The van der Waals surface area contributed by atoms with Crippen molar-refractivity contribution in [1.29, 1.82) is 0 Å². The molecular formula is C13H19N3O5. The van der Waals surface area contributed by atoms with Gasteiger partial charge in [0.1, 0.15) is 11.1 Å². The fourth-order valence-corrected chi connectivity index (χ4v) is 2.25. The summed E-state index contributed by atoms with van der Waals surface area (Å²) in [7, 11) is 0. The Labute approximate surface area is 121 Å². The monoisotopic (exact) mass is 297 g/mol. The Kier molecular flexibility index (Phi) is 3.35. The normalized spacial score (nSPS) is 21.8. The Hall–Kier alpha value is -2.25. The van der Waals surface area contributed by atoms with Crippen molar-refractivity contribution in [2.75, 3.05) is 0 Å². The molecule has 1 atom stereocenters. The van der Waals surface area contributed by atoms with Crippen LogP contribution >= 0.6 is 0 Å². The van der Waals surface area contributed by atoms with Crippen molar-refractivity contribution >= 4 is 12.1 Å². The number of nitrogens with one attached hydrogen (secondary N) is 1. The summed E-state index contributed by atoms with van der Waals surface area (Å²) in [6.45, 7) is 6.48. The lowest BCUT2D eigenvalue weighted by Gasteiger charge is -2.41. The molecule has 116 valence electrons. The van der Waals surface area contributed by atoms with Gasteiger partial charge in [0.05, 0.1) is 12.1 Å². The molecule has 8 nitrogen and oxygen atoms in total. The first-order valence-corrected chi connectivity index (χ1v) is 6.54. The van der Waals surface area contributed by atoms with E-state index in [4.69, 9.17) is 4.74 Å². The highest BCUT2D eigenvalue weighted by atomic mass is 16.6. The van der Waals surface area contributed by atoms with Gasteiger partial charge in [-0.2, -0.15) is 0 Å². The number of aromatic amines is 1. The molecule has 1 aromatic heterocycles. The van der Waals surface area contributed by atoms with E-state index in [-0.39, 0.29) is 18.8 Å². The SMILES string of the molecule is CC(C)(C)OC(=O)N1Cc2c(O)n[nH]c2CC1(C)C(=O)O. The molecule has 1 aliphatic rings. The zero-order valence-corrected chi connectivity index (χ0v) is 12.4. The molecule has 3 N–H and O–H groups in total. The van der Waals surface area contributed by atoms with Crippen molar-refractivity contribution in [3.8, 4) is 5.88 Å². The van der Waals surface area contributed by atoms with Crippen molar-refractivity contribution in [3.05, 3.63) is 11.3 Å². The van der Waals surface area contributed by atoms with Crippen LogP contribution in [0.25, 0.3) is 0 Å². The van der Waals surface area contributed by atoms with Gasteiger partial charge in [0.2, 0.25) is 5.88 Å². The van der Waals surface area contributed by atoms with Gasteiger partial charge in [-0.3, -0.25) is 10.00 Å². The highest BCUT2D eigenvalue weighted by Crippen LogP contribution is 2.35. The number of hydrogen-bond donors (Lipinski definition) is 3. The number of amides is 1. The highest BCUT2D eigenvalue weighted by molar-refractivity contribution is 5.85. The minimum Gasteiger partial charge on any atom is -0.492 e. The topological polar surface area (TPSA) is 116 Å². The Morgan fingerprint density at radius 3 is 2.57 bits per heavy atom. The largest absolute Gasteiger partial charge is 0.492 e. The maximum atomic E-state index is 12.3. The summed E-state index contributed by atoms with van der Waals surface area (Å²) < 4.78 is 5.27.